The second-order valence-corrected chi connectivity index (χ2v) is 9.35. The van der Waals surface area contributed by atoms with Crippen molar-refractivity contribution in [2.45, 2.75) is 37.8 Å². The van der Waals surface area contributed by atoms with Gasteiger partial charge in [-0.2, -0.15) is 0 Å². The average Bonchev–Trinajstić information content (AvgIpc) is 3.69. The van der Waals surface area contributed by atoms with Crippen molar-refractivity contribution in [2.75, 3.05) is 35.8 Å². The summed E-state index contributed by atoms with van der Waals surface area (Å²) in [6.45, 7) is 1.54. The molecule has 4 N–H and O–H groups in total. The van der Waals surface area contributed by atoms with Gasteiger partial charge in [0.15, 0.2) is 5.82 Å². The van der Waals surface area contributed by atoms with E-state index in [1.54, 1.807) is 19.4 Å². The van der Waals surface area contributed by atoms with Crippen LogP contribution >= 0.6 is 0 Å². The fourth-order valence-corrected chi connectivity index (χ4v) is 5.01. The summed E-state index contributed by atoms with van der Waals surface area (Å²) in [5.41, 5.74) is 8.19. The fraction of sp³-hybridized carbons (Fsp3) is 0.400. The summed E-state index contributed by atoms with van der Waals surface area (Å²) in [5, 5.41) is 7.57. The normalized spacial score (nSPS) is 21.9. The first-order valence-corrected chi connectivity index (χ1v) is 12.0. The van der Waals surface area contributed by atoms with Gasteiger partial charge in [-0.15, -0.1) is 0 Å². The number of fused-ring (bicyclic) bond motifs is 3. The van der Waals surface area contributed by atoms with Crippen LogP contribution in [0.3, 0.4) is 0 Å². The van der Waals surface area contributed by atoms with E-state index in [4.69, 9.17) is 10.5 Å². The summed E-state index contributed by atoms with van der Waals surface area (Å²) in [5.74, 6) is 2.06. The van der Waals surface area contributed by atoms with Crippen LogP contribution in [0.15, 0.2) is 41.8 Å². The number of nitrogens with zero attached hydrogens (tertiary/aromatic N) is 5. The molecule has 35 heavy (non-hydrogen) atoms. The molecule has 180 valence electrons. The van der Waals surface area contributed by atoms with Crippen molar-refractivity contribution in [1.29, 1.82) is 0 Å². The Kier molecular flexibility index (Phi) is 5.44. The van der Waals surface area contributed by atoms with Crippen molar-refractivity contribution in [3.8, 4) is 0 Å². The lowest BCUT2D eigenvalue weighted by molar-refractivity contribution is -0.117. The summed E-state index contributed by atoms with van der Waals surface area (Å²) < 4.78 is 5.69. The SMILES string of the molecule is CNc1ncc(C(N)=Nc2ccc(N3C4CCC3COC4)cn2)c2cc(NC(=O)C3CC3)ncc12. The molecule has 1 amide bonds. The number of morpholine rings is 1. The van der Waals surface area contributed by atoms with Crippen LogP contribution in [0, 0.1) is 5.92 Å². The quantitative estimate of drug-likeness (QED) is 0.369. The molecule has 1 aliphatic carbocycles. The number of nitrogens with two attached hydrogens (primary N) is 1. The Morgan fingerprint density at radius 3 is 2.54 bits per heavy atom. The van der Waals surface area contributed by atoms with Gasteiger partial charge in [0.05, 0.1) is 37.2 Å². The maximum Gasteiger partial charge on any atom is 0.228 e. The number of amidine groups is 1. The molecule has 3 aromatic heterocycles. The number of anilines is 3. The highest BCUT2D eigenvalue weighted by Crippen LogP contribution is 2.34. The fourth-order valence-electron chi connectivity index (χ4n) is 5.01. The number of pyridine rings is 3. The molecule has 10 nitrogen and oxygen atoms in total. The molecule has 0 aromatic carbocycles. The molecule has 5 heterocycles. The minimum atomic E-state index is 0.000861. The number of aliphatic imine (C=N–C) groups is 1. The van der Waals surface area contributed by atoms with Gasteiger partial charge in [-0.3, -0.25) is 4.79 Å². The predicted molar refractivity (Wildman–Crippen MR) is 135 cm³/mol. The Morgan fingerprint density at radius 2 is 1.86 bits per heavy atom. The minimum Gasteiger partial charge on any atom is -0.383 e. The Bertz CT molecular complexity index is 1290. The van der Waals surface area contributed by atoms with Crippen molar-refractivity contribution < 1.29 is 9.53 Å². The Balaban J connectivity index is 1.30. The van der Waals surface area contributed by atoms with Crippen molar-refractivity contribution in [2.24, 2.45) is 16.6 Å². The van der Waals surface area contributed by atoms with Gasteiger partial charge < -0.3 is 26.0 Å². The zero-order valence-electron chi connectivity index (χ0n) is 19.6. The van der Waals surface area contributed by atoms with Gasteiger partial charge in [0.1, 0.15) is 17.5 Å². The highest BCUT2D eigenvalue weighted by molar-refractivity contribution is 6.12. The van der Waals surface area contributed by atoms with Gasteiger partial charge >= 0.3 is 0 Å². The van der Waals surface area contributed by atoms with E-state index in [9.17, 15) is 4.79 Å². The van der Waals surface area contributed by atoms with Gasteiger partial charge in [0, 0.05) is 41.7 Å². The lowest BCUT2D eigenvalue weighted by atomic mass is 10.1. The third-order valence-electron chi connectivity index (χ3n) is 6.99. The summed E-state index contributed by atoms with van der Waals surface area (Å²) in [7, 11) is 1.80. The molecule has 3 aliphatic rings. The minimum absolute atomic E-state index is 0.000861. The number of aromatic nitrogens is 3. The second kappa shape index (κ2) is 8.77. The smallest absolute Gasteiger partial charge is 0.228 e. The third kappa shape index (κ3) is 4.14. The second-order valence-electron chi connectivity index (χ2n) is 9.35. The molecular formula is C25H28N8O2. The summed E-state index contributed by atoms with van der Waals surface area (Å²) in [4.78, 5) is 32.7. The topological polar surface area (TPSA) is 131 Å². The summed E-state index contributed by atoms with van der Waals surface area (Å²) >= 11 is 0. The number of hydrogen-bond donors (Lipinski definition) is 3. The average molecular weight is 473 g/mol. The van der Waals surface area contributed by atoms with E-state index in [1.165, 1.54) is 0 Å². The zero-order valence-corrected chi connectivity index (χ0v) is 19.6. The van der Waals surface area contributed by atoms with E-state index in [2.05, 4.69) is 35.5 Å². The van der Waals surface area contributed by atoms with Crippen molar-refractivity contribution in [3.63, 3.8) is 0 Å². The number of ether oxygens (including phenoxy) is 1. The summed E-state index contributed by atoms with van der Waals surface area (Å²) in [6, 6.07) is 6.59. The van der Waals surface area contributed by atoms with Crippen LogP contribution in [0.4, 0.5) is 23.1 Å². The Labute approximate surface area is 203 Å². The zero-order chi connectivity index (χ0) is 23.9. The molecule has 10 heteroatoms. The lowest BCUT2D eigenvalue weighted by Gasteiger charge is -2.36. The molecule has 0 radical (unpaired) electrons. The van der Waals surface area contributed by atoms with Crippen LogP contribution in [0.5, 0.6) is 0 Å². The highest BCUT2D eigenvalue weighted by atomic mass is 16.5. The molecule has 2 saturated heterocycles. The maximum atomic E-state index is 12.2. The van der Waals surface area contributed by atoms with Crippen molar-refractivity contribution in [3.05, 3.63) is 42.4 Å². The molecule has 0 spiro atoms. The van der Waals surface area contributed by atoms with E-state index in [0.29, 0.717) is 40.9 Å². The first-order chi connectivity index (χ1) is 17.1. The van der Waals surface area contributed by atoms with Crippen LogP contribution in [-0.4, -0.2) is 59.0 Å². The van der Waals surface area contributed by atoms with E-state index in [0.717, 1.165) is 55.4 Å². The number of nitrogens with one attached hydrogen (secondary N) is 2. The van der Waals surface area contributed by atoms with Crippen molar-refractivity contribution in [1.82, 2.24) is 15.0 Å². The number of rotatable bonds is 6. The molecule has 3 fully saturated rings. The molecule has 1 saturated carbocycles. The first-order valence-electron chi connectivity index (χ1n) is 12.0. The van der Waals surface area contributed by atoms with Crippen LogP contribution < -0.4 is 21.3 Å². The van der Waals surface area contributed by atoms with Gasteiger partial charge in [0.25, 0.3) is 0 Å². The van der Waals surface area contributed by atoms with E-state index in [-0.39, 0.29) is 11.8 Å². The molecule has 2 bridgehead atoms. The first kappa shape index (κ1) is 21.7. The van der Waals surface area contributed by atoms with Crippen LogP contribution in [0.1, 0.15) is 31.2 Å². The van der Waals surface area contributed by atoms with Crippen molar-refractivity contribution >= 4 is 45.7 Å². The van der Waals surface area contributed by atoms with E-state index < -0.39 is 0 Å². The van der Waals surface area contributed by atoms with Gasteiger partial charge in [0.2, 0.25) is 5.91 Å². The monoisotopic (exact) mass is 472 g/mol. The number of hydrogen-bond acceptors (Lipinski definition) is 8. The van der Waals surface area contributed by atoms with Gasteiger partial charge in [-0.1, -0.05) is 0 Å². The molecule has 6 rings (SSSR count). The standard InChI is InChI=1S/C25H28N8O2/c1-27-24-20-11-29-22(32-25(34)14-2-3-14)8-18(20)19(10-30-24)23(26)31-21-7-6-15(9-28-21)33-16-4-5-17(33)13-35-12-16/h6-11,14,16-17H,2-5,12-13H2,1H3,(H,27,30)(H2,26,28,31)(H,29,32,34). The molecule has 2 unspecified atom stereocenters. The Morgan fingerprint density at radius 1 is 1.06 bits per heavy atom. The lowest BCUT2D eigenvalue weighted by Crippen LogP contribution is -2.45. The number of amides is 1. The highest BCUT2D eigenvalue weighted by Gasteiger charge is 2.37. The predicted octanol–water partition coefficient (Wildman–Crippen LogP) is 2.82. The molecule has 3 aromatic rings. The Hall–Kier alpha value is -3.79. The maximum absolute atomic E-state index is 12.2. The molecule has 2 atom stereocenters. The molecular weight excluding hydrogens is 444 g/mol. The van der Waals surface area contributed by atoms with Gasteiger partial charge in [-0.05, 0) is 43.9 Å². The van der Waals surface area contributed by atoms with Crippen LogP contribution in [0.25, 0.3) is 10.8 Å². The number of carbonyl (C=O) groups is 1. The molecule has 2 aliphatic heterocycles. The largest absolute Gasteiger partial charge is 0.383 e. The summed E-state index contributed by atoms with van der Waals surface area (Å²) in [6.07, 6.45) is 9.39. The van der Waals surface area contributed by atoms with E-state index >= 15 is 0 Å². The van der Waals surface area contributed by atoms with Crippen LogP contribution in [-0.2, 0) is 9.53 Å². The third-order valence-corrected chi connectivity index (χ3v) is 6.99. The van der Waals surface area contributed by atoms with Crippen LogP contribution in [0.2, 0.25) is 0 Å². The van der Waals surface area contributed by atoms with E-state index in [1.807, 2.05) is 24.4 Å². The number of carbonyl (C=O) groups excluding carboxylic acids is 1. The van der Waals surface area contributed by atoms with Gasteiger partial charge in [-0.25, -0.2) is 19.9 Å².